The van der Waals surface area contributed by atoms with Gasteiger partial charge in [-0.05, 0) is 27.5 Å². The number of nitrogens with zero attached hydrogens (tertiary/aromatic N) is 1. The van der Waals surface area contributed by atoms with Crippen LogP contribution in [0.25, 0.3) is 0 Å². The largest absolute Gasteiger partial charge is 0.373 e. The molecule has 0 rings (SSSR count). The van der Waals surface area contributed by atoms with Gasteiger partial charge in [0.15, 0.2) is 0 Å². The molecule has 0 atom stereocenters. The summed E-state index contributed by atoms with van der Waals surface area (Å²) in [4.78, 5) is 16.2. The Balaban J connectivity index is 0. The molecule has 0 aromatic heterocycles. The van der Waals surface area contributed by atoms with Crippen molar-refractivity contribution in [1.29, 1.82) is 0 Å². The van der Waals surface area contributed by atoms with E-state index < -0.39 is 0 Å². The third kappa shape index (κ3) is 8.92. The molecule has 0 aliphatic heterocycles. The molecule has 0 aromatic carbocycles. The minimum absolute atomic E-state index is 0.175. The monoisotopic (exact) mass is 157 g/mol. The van der Waals surface area contributed by atoms with Gasteiger partial charge in [0.25, 0.3) is 0 Å². The standard InChI is InChI=1S/C7H15N.CO2/c1-6-8(5)7(2,3)4;2-1-3/h6H,5H2,1-4H3;. The van der Waals surface area contributed by atoms with Gasteiger partial charge in [0.2, 0.25) is 0 Å². The van der Waals surface area contributed by atoms with Crippen LogP contribution in [0, 0.1) is 6.54 Å². The van der Waals surface area contributed by atoms with E-state index in [1.807, 2.05) is 18.0 Å². The second-order valence-electron chi connectivity index (χ2n) is 2.98. The second kappa shape index (κ2) is 5.69. The molecule has 0 bridgehead atoms. The van der Waals surface area contributed by atoms with E-state index in [1.54, 1.807) is 0 Å². The summed E-state index contributed by atoms with van der Waals surface area (Å²) in [6, 6.07) is 0. The fourth-order valence-electron chi connectivity index (χ4n) is 0.387. The highest BCUT2D eigenvalue weighted by atomic mass is 16.2. The highest BCUT2D eigenvalue weighted by Crippen LogP contribution is 2.05. The van der Waals surface area contributed by atoms with Gasteiger partial charge >= 0.3 is 6.15 Å². The van der Waals surface area contributed by atoms with Crippen LogP contribution in [0.1, 0.15) is 27.7 Å². The van der Waals surface area contributed by atoms with Gasteiger partial charge in [-0.15, -0.1) is 0 Å². The van der Waals surface area contributed by atoms with Crippen molar-refractivity contribution in [2.45, 2.75) is 33.2 Å². The molecule has 0 radical (unpaired) electrons. The van der Waals surface area contributed by atoms with Crippen LogP contribution in [0.4, 0.5) is 0 Å². The maximum Gasteiger partial charge on any atom is 0.373 e. The summed E-state index contributed by atoms with van der Waals surface area (Å²) in [5, 5.41) is 0. The minimum Gasteiger partial charge on any atom is -0.367 e. The average Bonchev–Trinajstić information content (AvgIpc) is 1.86. The molecule has 0 saturated carbocycles. The minimum atomic E-state index is 0.175. The van der Waals surface area contributed by atoms with E-state index in [1.165, 1.54) is 0 Å². The topological polar surface area (TPSA) is 37.1 Å². The Morgan fingerprint density at radius 3 is 1.64 bits per heavy atom. The van der Waals surface area contributed by atoms with Crippen LogP contribution in [0.2, 0.25) is 0 Å². The Hall–Kier alpha value is -1.08. The van der Waals surface area contributed by atoms with Crippen molar-refractivity contribution in [3.8, 4) is 0 Å². The van der Waals surface area contributed by atoms with Gasteiger partial charge in [0.05, 0.1) is 0 Å². The van der Waals surface area contributed by atoms with Gasteiger partial charge in [-0.3, -0.25) is 0 Å². The molecule has 0 unspecified atom stereocenters. The third-order valence-corrected chi connectivity index (χ3v) is 1.17. The Kier molecular flexibility index (Phi) is 6.50. The fraction of sp³-hybridized carbons (Fsp3) is 0.625. The first-order valence-corrected chi connectivity index (χ1v) is 3.28. The molecule has 11 heavy (non-hydrogen) atoms. The molecule has 3 heteroatoms. The van der Waals surface area contributed by atoms with Crippen LogP contribution in [0.3, 0.4) is 0 Å². The first kappa shape index (κ1) is 12.6. The normalized spacial score (nSPS) is 8.73. The molecule has 0 aliphatic rings. The van der Waals surface area contributed by atoms with Crippen LogP contribution >= 0.6 is 0 Å². The number of rotatable bonds is 1. The molecule has 0 amide bonds. The molecule has 0 aliphatic carbocycles. The first-order chi connectivity index (χ1) is 4.90. The van der Waals surface area contributed by atoms with E-state index >= 15 is 0 Å². The summed E-state index contributed by atoms with van der Waals surface area (Å²) in [6.45, 7) is 14.1. The zero-order valence-corrected chi connectivity index (χ0v) is 7.55. The Morgan fingerprint density at radius 1 is 1.36 bits per heavy atom. The quantitative estimate of drug-likeness (QED) is 0.324. The van der Waals surface area contributed by atoms with E-state index in [0.29, 0.717) is 0 Å². The highest BCUT2D eigenvalue weighted by Gasteiger charge is 2.13. The second-order valence-corrected chi connectivity index (χ2v) is 2.98. The molecule has 0 fully saturated rings. The lowest BCUT2D eigenvalue weighted by atomic mass is 10.1. The lowest BCUT2D eigenvalue weighted by Crippen LogP contribution is -2.28. The van der Waals surface area contributed by atoms with Crippen LogP contribution in [-0.2, 0) is 9.59 Å². The van der Waals surface area contributed by atoms with Gasteiger partial charge in [-0.2, -0.15) is 9.59 Å². The number of hydrogen-bond donors (Lipinski definition) is 0. The maximum atomic E-state index is 8.12. The lowest BCUT2D eigenvalue weighted by Gasteiger charge is -2.20. The van der Waals surface area contributed by atoms with Crippen LogP contribution in [-0.4, -0.2) is 23.0 Å². The van der Waals surface area contributed by atoms with Gasteiger partial charge in [-0.25, -0.2) is 0 Å². The summed E-state index contributed by atoms with van der Waals surface area (Å²) < 4.78 is 1.94. The first-order valence-electron chi connectivity index (χ1n) is 3.28. The van der Waals surface area contributed by atoms with Gasteiger partial charge in [0, 0.05) is 6.54 Å². The van der Waals surface area contributed by atoms with E-state index in [9.17, 15) is 0 Å². The average molecular weight is 157 g/mol. The van der Waals surface area contributed by atoms with E-state index in [-0.39, 0.29) is 11.7 Å². The van der Waals surface area contributed by atoms with Crippen molar-refractivity contribution in [2.75, 3.05) is 0 Å². The Labute approximate surface area is 67.7 Å². The smallest absolute Gasteiger partial charge is 0.367 e. The summed E-state index contributed by atoms with van der Waals surface area (Å²) in [5.74, 6) is 0. The molecule has 0 saturated heterocycles. The molecule has 3 nitrogen and oxygen atoms in total. The molecule has 64 valence electrons. The zero-order chi connectivity index (χ0) is 9.49. The third-order valence-electron chi connectivity index (χ3n) is 1.17. The summed E-state index contributed by atoms with van der Waals surface area (Å²) in [6.07, 6.45) is 0.250. The van der Waals surface area contributed by atoms with Gasteiger partial charge in [0.1, 0.15) is 5.54 Å². The van der Waals surface area contributed by atoms with E-state index in [0.717, 1.165) is 0 Å². The van der Waals surface area contributed by atoms with Crippen molar-refractivity contribution in [2.24, 2.45) is 0 Å². The Morgan fingerprint density at radius 2 is 1.64 bits per heavy atom. The number of hydrogen-bond acceptors (Lipinski definition) is 2. The van der Waals surface area contributed by atoms with Gasteiger partial charge in [-0.1, -0.05) is 6.92 Å². The fourth-order valence-corrected chi connectivity index (χ4v) is 0.387. The molecule has 0 aromatic rings. The molecular formula is C8H15NO2. The number of carbonyl (C=O) groups excluding carboxylic acids is 2. The van der Waals surface area contributed by atoms with Crippen molar-refractivity contribution in [1.82, 2.24) is 0 Å². The predicted molar refractivity (Wildman–Crippen MR) is 42.1 cm³/mol. The lowest BCUT2D eigenvalue weighted by molar-refractivity contribution is -0.551. The van der Waals surface area contributed by atoms with Crippen LogP contribution < -0.4 is 0 Å². The maximum absolute atomic E-state index is 8.12. The van der Waals surface area contributed by atoms with E-state index in [2.05, 4.69) is 27.5 Å². The van der Waals surface area contributed by atoms with Crippen molar-refractivity contribution in [3.05, 3.63) is 6.54 Å². The summed E-state index contributed by atoms with van der Waals surface area (Å²) in [5.41, 5.74) is 0.175. The Bertz CT molecular complexity index is 150. The van der Waals surface area contributed by atoms with Gasteiger partial charge < -0.3 is 4.58 Å². The van der Waals surface area contributed by atoms with Crippen molar-refractivity contribution >= 4 is 12.9 Å². The molecule has 0 heterocycles. The molecular weight excluding hydrogens is 142 g/mol. The highest BCUT2D eigenvalue weighted by molar-refractivity contribution is 5.20. The summed E-state index contributed by atoms with van der Waals surface area (Å²) in [7, 11) is 0. The van der Waals surface area contributed by atoms with Crippen LogP contribution in [0.5, 0.6) is 0 Å². The molecule has 0 N–H and O–H groups in total. The van der Waals surface area contributed by atoms with Crippen LogP contribution in [0.15, 0.2) is 0 Å². The van der Waals surface area contributed by atoms with Crippen molar-refractivity contribution < 1.29 is 14.2 Å². The predicted octanol–water partition coefficient (Wildman–Crippen LogP) is 1.10. The zero-order valence-electron chi connectivity index (χ0n) is 7.55. The SMILES string of the molecule is C=[N+]([CH-]C)C(C)(C)C.O=C=O. The molecule has 0 spiro atoms. The van der Waals surface area contributed by atoms with E-state index in [4.69, 9.17) is 9.59 Å². The summed E-state index contributed by atoms with van der Waals surface area (Å²) >= 11 is 0. The van der Waals surface area contributed by atoms with Crippen molar-refractivity contribution in [3.63, 3.8) is 0 Å².